The van der Waals surface area contributed by atoms with E-state index in [9.17, 15) is 18.3 Å². The molecule has 0 fully saturated rings. The Balaban J connectivity index is 2.94. The average Bonchev–Trinajstić information content (AvgIpc) is 2.37. The molecule has 0 aliphatic carbocycles. The maximum atomic E-state index is 12.1. The maximum absolute atomic E-state index is 12.1. The summed E-state index contributed by atoms with van der Waals surface area (Å²) in [5.41, 5.74) is 0.517. The molecule has 0 aliphatic rings. The minimum absolute atomic E-state index is 0.0805. The van der Waals surface area contributed by atoms with E-state index in [1.54, 1.807) is 12.1 Å². The molecule has 0 bridgehead atoms. The molecular formula is C13H17NO4S. The third kappa shape index (κ3) is 3.57. The van der Waals surface area contributed by atoms with E-state index >= 15 is 0 Å². The van der Waals surface area contributed by atoms with Crippen LogP contribution in [0.3, 0.4) is 0 Å². The van der Waals surface area contributed by atoms with Crippen molar-refractivity contribution in [2.45, 2.75) is 12.2 Å². The first-order chi connectivity index (χ1) is 8.79. The van der Waals surface area contributed by atoms with Gasteiger partial charge in [-0.05, 0) is 31.2 Å². The number of nitrogens with zero attached hydrogens (tertiary/aromatic N) is 1. The summed E-state index contributed by atoms with van der Waals surface area (Å²) in [6, 6.07) is 5.95. The van der Waals surface area contributed by atoms with Crippen molar-refractivity contribution in [3.63, 3.8) is 0 Å². The molecule has 1 atom stereocenters. The molecule has 0 radical (unpaired) electrons. The Hall–Kier alpha value is -1.82. The fourth-order valence-corrected chi connectivity index (χ4v) is 2.62. The van der Waals surface area contributed by atoms with Crippen LogP contribution in [-0.4, -0.2) is 37.5 Å². The Morgan fingerprint density at radius 2 is 1.95 bits per heavy atom. The van der Waals surface area contributed by atoms with Crippen molar-refractivity contribution in [2.24, 2.45) is 0 Å². The van der Waals surface area contributed by atoms with Gasteiger partial charge in [-0.25, -0.2) is 8.42 Å². The number of phenols is 1. The molecule has 0 spiro atoms. The van der Waals surface area contributed by atoms with Crippen molar-refractivity contribution in [3.8, 4) is 5.75 Å². The predicted molar refractivity (Wildman–Crippen MR) is 75.0 cm³/mol. The second-order valence-corrected chi connectivity index (χ2v) is 6.54. The summed E-state index contributed by atoms with van der Waals surface area (Å²) in [6.45, 7) is 4.73. The molecule has 0 aromatic heterocycles. The summed E-state index contributed by atoms with van der Waals surface area (Å²) in [7, 11) is -2.03. The van der Waals surface area contributed by atoms with Crippen LogP contribution < -0.4 is 4.90 Å². The lowest BCUT2D eigenvalue weighted by Crippen LogP contribution is -2.40. The minimum atomic E-state index is -3.53. The number of hydrogen-bond acceptors (Lipinski definition) is 4. The average molecular weight is 283 g/mol. The number of anilines is 1. The highest BCUT2D eigenvalue weighted by Gasteiger charge is 2.29. The van der Waals surface area contributed by atoms with E-state index in [0.29, 0.717) is 5.69 Å². The first-order valence-corrected chi connectivity index (χ1v) is 7.40. The van der Waals surface area contributed by atoms with Gasteiger partial charge >= 0.3 is 0 Å². The molecule has 0 saturated carbocycles. The normalized spacial score (nSPS) is 12.7. The van der Waals surface area contributed by atoms with Crippen LogP contribution in [0.2, 0.25) is 0 Å². The molecule has 5 nitrogen and oxygen atoms in total. The van der Waals surface area contributed by atoms with Crippen molar-refractivity contribution < 1.29 is 18.3 Å². The lowest BCUT2D eigenvalue weighted by atomic mass is 10.2. The molecule has 1 unspecified atom stereocenters. The highest BCUT2D eigenvalue weighted by atomic mass is 32.2. The van der Waals surface area contributed by atoms with Gasteiger partial charge in [0.05, 0.1) is 5.75 Å². The van der Waals surface area contributed by atoms with Gasteiger partial charge in [0, 0.05) is 12.7 Å². The Labute approximate surface area is 113 Å². The molecule has 0 aliphatic heterocycles. The highest BCUT2D eigenvalue weighted by molar-refractivity contribution is 7.92. The minimum Gasteiger partial charge on any atom is -0.508 e. The molecule has 0 heterocycles. The zero-order chi connectivity index (χ0) is 14.6. The van der Waals surface area contributed by atoms with Crippen LogP contribution in [0.1, 0.15) is 6.92 Å². The maximum Gasteiger partial charge on any atom is 0.244 e. The van der Waals surface area contributed by atoms with Gasteiger partial charge in [0.2, 0.25) is 5.91 Å². The number of rotatable bonds is 5. The van der Waals surface area contributed by atoms with Crippen LogP contribution >= 0.6 is 0 Å². The SMILES string of the molecule is C=CCS(=O)(=O)C(C)C(=O)N(C)c1ccc(O)cc1. The predicted octanol–water partition coefficient (Wildman–Crippen LogP) is 1.34. The Morgan fingerprint density at radius 1 is 1.42 bits per heavy atom. The summed E-state index contributed by atoms with van der Waals surface area (Å²) >= 11 is 0. The quantitative estimate of drug-likeness (QED) is 0.828. The standard InChI is InChI=1S/C13H17NO4S/c1-4-9-19(17,18)10(2)13(16)14(3)11-5-7-12(15)8-6-11/h4-8,10,15H,1,9H2,2-3H3. The number of hydrogen-bond donors (Lipinski definition) is 1. The van der Waals surface area contributed by atoms with Gasteiger partial charge in [0.25, 0.3) is 0 Å². The summed E-state index contributed by atoms with van der Waals surface area (Å²) < 4.78 is 23.6. The van der Waals surface area contributed by atoms with Gasteiger partial charge < -0.3 is 10.0 Å². The Morgan fingerprint density at radius 3 is 2.42 bits per heavy atom. The van der Waals surface area contributed by atoms with Crippen LogP contribution in [0, 0.1) is 0 Å². The van der Waals surface area contributed by atoms with E-state index in [2.05, 4.69) is 6.58 Å². The molecule has 1 amide bonds. The third-order valence-corrected chi connectivity index (χ3v) is 4.78. The lowest BCUT2D eigenvalue weighted by molar-refractivity contribution is -0.117. The number of amides is 1. The number of carbonyl (C=O) groups is 1. The zero-order valence-electron chi connectivity index (χ0n) is 10.9. The molecule has 1 aromatic carbocycles. The van der Waals surface area contributed by atoms with E-state index in [1.165, 1.54) is 37.1 Å². The molecular weight excluding hydrogens is 266 g/mol. The molecule has 0 saturated heterocycles. The van der Waals surface area contributed by atoms with Crippen LogP contribution in [0.15, 0.2) is 36.9 Å². The molecule has 1 N–H and O–H groups in total. The molecule has 1 aromatic rings. The summed E-state index contributed by atoms with van der Waals surface area (Å²) in [5, 5.41) is 8.04. The van der Waals surface area contributed by atoms with Crippen LogP contribution in [0.25, 0.3) is 0 Å². The zero-order valence-corrected chi connectivity index (χ0v) is 11.7. The van der Waals surface area contributed by atoms with Crippen molar-refractivity contribution in [3.05, 3.63) is 36.9 Å². The van der Waals surface area contributed by atoms with Gasteiger partial charge in [-0.1, -0.05) is 6.08 Å². The van der Waals surface area contributed by atoms with Gasteiger partial charge in [-0.2, -0.15) is 0 Å². The van der Waals surface area contributed by atoms with Gasteiger partial charge in [0.15, 0.2) is 9.84 Å². The molecule has 6 heteroatoms. The summed E-state index contributed by atoms with van der Waals surface area (Å²) in [5.74, 6) is -0.673. The van der Waals surface area contributed by atoms with Crippen LogP contribution in [0.4, 0.5) is 5.69 Å². The summed E-state index contributed by atoms with van der Waals surface area (Å²) in [4.78, 5) is 13.4. The second kappa shape index (κ2) is 5.88. The van der Waals surface area contributed by atoms with Crippen molar-refractivity contribution in [1.29, 1.82) is 0 Å². The molecule has 19 heavy (non-hydrogen) atoms. The topological polar surface area (TPSA) is 74.7 Å². The summed E-state index contributed by atoms with van der Waals surface area (Å²) in [6.07, 6.45) is 1.26. The van der Waals surface area contributed by atoms with E-state index in [-0.39, 0.29) is 11.5 Å². The Kier molecular flexibility index (Phi) is 4.72. The Bertz CT molecular complexity index is 563. The fourth-order valence-electron chi connectivity index (χ4n) is 1.54. The first-order valence-electron chi connectivity index (χ1n) is 5.68. The third-order valence-electron chi connectivity index (χ3n) is 2.80. The largest absolute Gasteiger partial charge is 0.508 e. The monoisotopic (exact) mass is 283 g/mol. The molecule has 104 valence electrons. The lowest BCUT2D eigenvalue weighted by Gasteiger charge is -2.21. The van der Waals surface area contributed by atoms with E-state index in [0.717, 1.165) is 0 Å². The number of benzene rings is 1. The van der Waals surface area contributed by atoms with Gasteiger partial charge in [-0.15, -0.1) is 6.58 Å². The number of aromatic hydroxyl groups is 1. The molecule has 1 rings (SSSR count). The van der Waals surface area contributed by atoms with Crippen molar-refractivity contribution in [1.82, 2.24) is 0 Å². The number of carbonyl (C=O) groups excluding carboxylic acids is 1. The number of sulfone groups is 1. The van der Waals surface area contributed by atoms with Gasteiger partial charge in [0.1, 0.15) is 11.0 Å². The van der Waals surface area contributed by atoms with E-state index < -0.39 is 21.0 Å². The first kappa shape index (κ1) is 15.2. The smallest absolute Gasteiger partial charge is 0.244 e. The van der Waals surface area contributed by atoms with Crippen molar-refractivity contribution >= 4 is 21.4 Å². The highest BCUT2D eigenvalue weighted by Crippen LogP contribution is 2.19. The fraction of sp³-hybridized carbons (Fsp3) is 0.308. The van der Waals surface area contributed by atoms with E-state index in [1.807, 2.05) is 0 Å². The van der Waals surface area contributed by atoms with Crippen LogP contribution in [-0.2, 0) is 14.6 Å². The second-order valence-electron chi connectivity index (χ2n) is 4.17. The van der Waals surface area contributed by atoms with Gasteiger partial charge in [-0.3, -0.25) is 4.79 Å². The van der Waals surface area contributed by atoms with Crippen molar-refractivity contribution in [2.75, 3.05) is 17.7 Å². The number of phenolic OH excluding ortho intramolecular Hbond substituents is 1. The van der Waals surface area contributed by atoms with E-state index in [4.69, 9.17) is 0 Å². The van der Waals surface area contributed by atoms with Crippen LogP contribution in [0.5, 0.6) is 5.75 Å².